The lowest BCUT2D eigenvalue weighted by Crippen LogP contribution is -2.34. The molecule has 0 aliphatic heterocycles. The third-order valence-electron chi connectivity index (χ3n) is 3.00. The number of nitrogens with one attached hydrogen (secondary N) is 2. The molecular weight excluding hydrogens is 337 g/mol. The van der Waals surface area contributed by atoms with E-state index in [1.54, 1.807) is 0 Å². The van der Waals surface area contributed by atoms with Crippen LogP contribution in [0.1, 0.15) is 10.4 Å². The first-order valence-corrected chi connectivity index (χ1v) is 7.02. The van der Waals surface area contributed by atoms with Crippen molar-refractivity contribution in [2.24, 2.45) is 0 Å². The van der Waals surface area contributed by atoms with Crippen molar-refractivity contribution < 1.29 is 18.8 Å². The van der Waals surface area contributed by atoms with E-state index in [0.29, 0.717) is 5.75 Å². The minimum atomic E-state index is -0.762. The van der Waals surface area contributed by atoms with Gasteiger partial charge in [0.2, 0.25) is 0 Å². The van der Waals surface area contributed by atoms with Crippen LogP contribution in [0.2, 0.25) is 0 Å². The summed E-state index contributed by atoms with van der Waals surface area (Å²) in [4.78, 5) is 22.4. The van der Waals surface area contributed by atoms with E-state index in [-0.39, 0.29) is 22.1 Å². The molecule has 2 rings (SSSR count). The van der Waals surface area contributed by atoms with E-state index in [1.807, 2.05) is 0 Å². The zero-order valence-electron chi connectivity index (χ0n) is 12.4. The van der Waals surface area contributed by atoms with Crippen molar-refractivity contribution >= 4 is 34.6 Å². The Morgan fingerprint density at radius 2 is 2.00 bits per heavy atom. The van der Waals surface area contributed by atoms with Gasteiger partial charge in [-0.3, -0.25) is 20.2 Å². The second-order valence-electron chi connectivity index (χ2n) is 4.53. The molecule has 0 unspecified atom stereocenters. The Labute approximate surface area is 141 Å². The maximum atomic E-state index is 13.5. The molecule has 0 saturated heterocycles. The second-order valence-corrected chi connectivity index (χ2v) is 4.94. The molecule has 0 fully saturated rings. The molecule has 0 aliphatic carbocycles. The quantitative estimate of drug-likeness (QED) is 0.501. The number of halogens is 1. The van der Waals surface area contributed by atoms with Crippen LogP contribution in [0.3, 0.4) is 0 Å². The summed E-state index contributed by atoms with van der Waals surface area (Å²) in [6.07, 6.45) is 0. The number of methoxy groups -OCH3 is 1. The van der Waals surface area contributed by atoms with Gasteiger partial charge in [0.15, 0.2) is 5.11 Å². The molecule has 1 amide bonds. The Balaban J connectivity index is 2.14. The van der Waals surface area contributed by atoms with Gasteiger partial charge in [0.1, 0.15) is 17.3 Å². The molecule has 0 radical (unpaired) electrons. The van der Waals surface area contributed by atoms with Crippen LogP contribution in [-0.2, 0) is 0 Å². The van der Waals surface area contributed by atoms with Crippen LogP contribution in [0.15, 0.2) is 42.5 Å². The summed E-state index contributed by atoms with van der Waals surface area (Å²) in [6, 6.07) is 9.48. The Morgan fingerprint density at radius 1 is 1.29 bits per heavy atom. The Kier molecular flexibility index (Phi) is 5.38. The summed E-state index contributed by atoms with van der Waals surface area (Å²) in [7, 11) is 1.38. The fourth-order valence-corrected chi connectivity index (χ4v) is 2.07. The summed E-state index contributed by atoms with van der Waals surface area (Å²) < 4.78 is 18.5. The summed E-state index contributed by atoms with van der Waals surface area (Å²) >= 11 is 4.94. The lowest BCUT2D eigenvalue weighted by atomic mass is 10.2. The number of carbonyl (C=O) groups is 1. The van der Waals surface area contributed by atoms with Crippen LogP contribution in [0.25, 0.3) is 0 Å². The lowest BCUT2D eigenvalue weighted by molar-refractivity contribution is -0.384. The fourth-order valence-electron chi connectivity index (χ4n) is 1.86. The Hall–Kier alpha value is -3.07. The number of benzene rings is 2. The molecule has 0 aromatic heterocycles. The number of nitro groups is 1. The van der Waals surface area contributed by atoms with Crippen molar-refractivity contribution in [3.63, 3.8) is 0 Å². The van der Waals surface area contributed by atoms with E-state index < -0.39 is 16.6 Å². The van der Waals surface area contributed by atoms with Gasteiger partial charge < -0.3 is 10.1 Å². The van der Waals surface area contributed by atoms with Gasteiger partial charge in [0.25, 0.3) is 11.6 Å². The summed E-state index contributed by atoms with van der Waals surface area (Å²) in [5.74, 6) is -1.16. The number of nitro benzene ring substituents is 1. The molecule has 0 aliphatic rings. The Bertz CT molecular complexity index is 813. The second kappa shape index (κ2) is 7.47. The van der Waals surface area contributed by atoms with Crippen LogP contribution < -0.4 is 15.4 Å². The SMILES string of the molecule is COc1ccc(NC(=S)NC(=O)c2ccccc2F)c([N+](=O)[O-])c1. The predicted molar refractivity (Wildman–Crippen MR) is 89.7 cm³/mol. The number of anilines is 1. The van der Waals surface area contributed by atoms with Crippen LogP contribution >= 0.6 is 12.2 Å². The number of amides is 1. The van der Waals surface area contributed by atoms with Crippen molar-refractivity contribution in [3.05, 3.63) is 64.0 Å². The molecule has 0 bridgehead atoms. The van der Waals surface area contributed by atoms with E-state index in [4.69, 9.17) is 17.0 Å². The molecule has 0 atom stereocenters. The van der Waals surface area contributed by atoms with E-state index >= 15 is 0 Å². The molecule has 9 heteroatoms. The Morgan fingerprint density at radius 3 is 2.62 bits per heavy atom. The lowest BCUT2D eigenvalue weighted by Gasteiger charge is -2.11. The van der Waals surface area contributed by atoms with E-state index in [0.717, 1.165) is 6.07 Å². The first-order chi connectivity index (χ1) is 11.4. The van der Waals surface area contributed by atoms with Crippen molar-refractivity contribution in [1.29, 1.82) is 0 Å². The fraction of sp³-hybridized carbons (Fsp3) is 0.0667. The predicted octanol–water partition coefficient (Wildman–Crippen LogP) is 2.87. The third-order valence-corrected chi connectivity index (χ3v) is 3.20. The van der Waals surface area contributed by atoms with Crippen molar-refractivity contribution in [1.82, 2.24) is 5.32 Å². The average Bonchev–Trinajstić information content (AvgIpc) is 2.55. The molecule has 2 aromatic carbocycles. The highest BCUT2D eigenvalue weighted by atomic mass is 32.1. The number of ether oxygens (including phenoxy) is 1. The van der Waals surface area contributed by atoms with Crippen LogP contribution in [0, 0.1) is 15.9 Å². The molecule has 124 valence electrons. The molecule has 7 nitrogen and oxygen atoms in total. The average molecular weight is 349 g/mol. The first-order valence-electron chi connectivity index (χ1n) is 6.61. The maximum absolute atomic E-state index is 13.5. The minimum Gasteiger partial charge on any atom is -0.496 e. The van der Waals surface area contributed by atoms with Gasteiger partial charge in [0, 0.05) is 0 Å². The maximum Gasteiger partial charge on any atom is 0.296 e. The summed E-state index contributed by atoms with van der Waals surface area (Å²) in [5, 5.41) is 15.7. The van der Waals surface area contributed by atoms with Crippen molar-refractivity contribution in [2.75, 3.05) is 12.4 Å². The number of hydrogen-bond acceptors (Lipinski definition) is 5. The zero-order valence-corrected chi connectivity index (χ0v) is 13.2. The number of thiocarbonyl (C=S) groups is 1. The van der Waals surface area contributed by atoms with Crippen molar-refractivity contribution in [3.8, 4) is 5.75 Å². The number of rotatable bonds is 4. The number of hydrogen-bond donors (Lipinski definition) is 2. The smallest absolute Gasteiger partial charge is 0.296 e. The highest BCUT2D eigenvalue weighted by molar-refractivity contribution is 7.80. The highest BCUT2D eigenvalue weighted by Gasteiger charge is 2.18. The largest absolute Gasteiger partial charge is 0.496 e. The van der Waals surface area contributed by atoms with Crippen LogP contribution in [0.4, 0.5) is 15.8 Å². The monoisotopic (exact) mass is 349 g/mol. The van der Waals surface area contributed by atoms with Crippen LogP contribution in [-0.4, -0.2) is 23.1 Å². The van der Waals surface area contributed by atoms with Crippen LogP contribution in [0.5, 0.6) is 5.75 Å². The standard InChI is InChI=1S/C15H12FN3O4S/c1-23-9-6-7-12(13(8-9)19(21)22)17-15(24)18-14(20)10-4-2-3-5-11(10)16/h2-8H,1H3,(H2,17,18,20,24). The number of carbonyl (C=O) groups excluding carboxylic acids is 1. The van der Waals surface area contributed by atoms with E-state index in [9.17, 15) is 19.3 Å². The normalized spacial score (nSPS) is 9.92. The van der Waals surface area contributed by atoms with Gasteiger partial charge >= 0.3 is 0 Å². The molecule has 24 heavy (non-hydrogen) atoms. The van der Waals surface area contributed by atoms with Gasteiger partial charge in [-0.05, 0) is 36.5 Å². The van der Waals surface area contributed by atoms with Gasteiger partial charge in [-0.2, -0.15) is 0 Å². The molecule has 0 saturated carbocycles. The van der Waals surface area contributed by atoms with Gasteiger partial charge in [-0.25, -0.2) is 4.39 Å². The third kappa shape index (κ3) is 4.02. The molecule has 0 heterocycles. The molecule has 2 aromatic rings. The highest BCUT2D eigenvalue weighted by Crippen LogP contribution is 2.28. The van der Waals surface area contributed by atoms with E-state index in [1.165, 1.54) is 43.5 Å². The zero-order chi connectivity index (χ0) is 17.7. The summed E-state index contributed by atoms with van der Waals surface area (Å²) in [5.41, 5.74) is -0.401. The molecular formula is C15H12FN3O4S. The van der Waals surface area contributed by atoms with Crippen molar-refractivity contribution in [2.45, 2.75) is 0 Å². The van der Waals surface area contributed by atoms with Gasteiger partial charge in [-0.1, -0.05) is 12.1 Å². The molecule has 2 N–H and O–H groups in total. The van der Waals surface area contributed by atoms with Gasteiger partial charge in [0.05, 0.1) is 23.7 Å². The topological polar surface area (TPSA) is 93.5 Å². The number of nitrogens with zero attached hydrogens (tertiary/aromatic N) is 1. The first kappa shape index (κ1) is 17.3. The molecule has 0 spiro atoms. The van der Waals surface area contributed by atoms with E-state index in [2.05, 4.69) is 10.6 Å². The minimum absolute atomic E-state index is 0.0691. The van der Waals surface area contributed by atoms with Gasteiger partial charge in [-0.15, -0.1) is 0 Å². The summed E-state index contributed by atoms with van der Waals surface area (Å²) in [6.45, 7) is 0.